The maximum Gasteiger partial charge on any atom is 0.350 e. The third kappa shape index (κ3) is 1.29. The molecule has 1 heterocycles. The second-order valence-corrected chi connectivity index (χ2v) is 3.18. The fourth-order valence-corrected chi connectivity index (χ4v) is 1.31. The summed E-state index contributed by atoms with van der Waals surface area (Å²) in [5.74, 6) is 0.258. The summed E-state index contributed by atoms with van der Waals surface area (Å²) in [5.41, 5.74) is 1.03. The maximum absolute atomic E-state index is 11.0. The van der Waals surface area contributed by atoms with Crippen LogP contribution in [0.4, 0.5) is 0 Å². The van der Waals surface area contributed by atoms with Crippen molar-refractivity contribution < 1.29 is 14.4 Å². The highest BCUT2D eigenvalue weighted by atomic mass is 16.7. The zero-order valence-corrected chi connectivity index (χ0v) is 6.95. The summed E-state index contributed by atoms with van der Waals surface area (Å²) in [4.78, 5) is 15.9. The Labute approximate surface area is 70.5 Å². The predicted molar refractivity (Wildman–Crippen MR) is 41.7 cm³/mol. The molecule has 1 aliphatic carbocycles. The lowest BCUT2D eigenvalue weighted by Gasteiger charge is -2.03. The summed E-state index contributed by atoms with van der Waals surface area (Å²) in [6.45, 7) is 0. The Morgan fingerprint density at radius 2 is 2.42 bits per heavy atom. The number of ether oxygens (including phenoxy) is 1. The molecule has 4 heteroatoms. The molecular weight excluding hydrogens is 158 g/mol. The van der Waals surface area contributed by atoms with Gasteiger partial charge in [0.1, 0.15) is 0 Å². The Bertz CT molecular complexity index is 232. The van der Waals surface area contributed by atoms with Gasteiger partial charge in [0.05, 0.1) is 12.8 Å². The summed E-state index contributed by atoms with van der Waals surface area (Å²) in [5, 5.41) is 3.86. The summed E-state index contributed by atoms with van der Waals surface area (Å²) in [6, 6.07) is 0. The zero-order valence-electron chi connectivity index (χ0n) is 6.95. The van der Waals surface area contributed by atoms with E-state index in [1.807, 2.05) is 0 Å². The highest BCUT2D eigenvalue weighted by Gasteiger charge is 2.37. The minimum Gasteiger partial charge on any atom is -0.466 e. The molecule has 66 valence electrons. The van der Waals surface area contributed by atoms with Crippen LogP contribution in [0.1, 0.15) is 19.3 Å². The number of carbonyl (C=O) groups is 1. The van der Waals surface area contributed by atoms with Gasteiger partial charge in [-0.1, -0.05) is 5.16 Å². The molecule has 0 bridgehead atoms. The second-order valence-electron chi connectivity index (χ2n) is 3.18. The highest BCUT2D eigenvalue weighted by molar-refractivity contribution is 5.93. The van der Waals surface area contributed by atoms with Crippen molar-refractivity contribution >= 4 is 11.7 Å². The second kappa shape index (κ2) is 2.77. The molecule has 0 spiro atoms. The van der Waals surface area contributed by atoms with Crippen LogP contribution in [0.2, 0.25) is 0 Å². The Kier molecular flexibility index (Phi) is 1.75. The van der Waals surface area contributed by atoms with Crippen molar-refractivity contribution in [3.8, 4) is 0 Å². The van der Waals surface area contributed by atoms with Gasteiger partial charge in [-0.2, -0.15) is 0 Å². The molecule has 0 aromatic heterocycles. The lowest BCUT2D eigenvalue weighted by Crippen LogP contribution is -2.22. The van der Waals surface area contributed by atoms with Crippen molar-refractivity contribution in [2.75, 3.05) is 7.11 Å². The van der Waals surface area contributed by atoms with Crippen LogP contribution < -0.4 is 0 Å². The number of carbonyl (C=O) groups excluding carboxylic acids is 1. The van der Waals surface area contributed by atoms with Crippen LogP contribution in [0.25, 0.3) is 0 Å². The average molecular weight is 169 g/mol. The molecule has 0 aromatic carbocycles. The number of hydrogen-bond donors (Lipinski definition) is 0. The van der Waals surface area contributed by atoms with E-state index >= 15 is 0 Å². The first-order valence-electron chi connectivity index (χ1n) is 4.11. The number of hydrogen-bond acceptors (Lipinski definition) is 4. The van der Waals surface area contributed by atoms with Gasteiger partial charge in [0, 0.05) is 12.3 Å². The maximum atomic E-state index is 11.0. The first kappa shape index (κ1) is 7.58. The van der Waals surface area contributed by atoms with Crippen LogP contribution in [-0.2, 0) is 14.4 Å². The lowest BCUT2D eigenvalue weighted by atomic mass is 10.1. The van der Waals surface area contributed by atoms with E-state index in [0.29, 0.717) is 12.3 Å². The van der Waals surface area contributed by atoms with Crippen molar-refractivity contribution in [2.45, 2.75) is 25.4 Å². The van der Waals surface area contributed by atoms with Crippen LogP contribution in [-0.4, -0.2) is 24.9 Å². The molecule has 1 unspecified atom stereocenters. The Hall–Kier alpha value is -1.06. The first-order chi connectivity index (χ1) is 5.81. The fraction of sp³-hybridized carbons (Fsp3) is 0.750. The molecule has 0 radical (unpaired) electrons. The highest BCUT2D eigenvalue weighted by Crippen LogP contribution is 2.34. The molecule has 0 amide bonds. The molecule has 1 saturated carbocycles. The molecule has 4 nitrogen and oxygen atoms in total. The van der Waals surface area contributed by atoms with Crippen LogP contribution in [0.3, 0.4) is 0 Å². The van der Waals surface area contributed by atoms with Crippen LogP contribution >= 0.6 is 0 Å². The minimum atomic E-state index is -0.481. The molecule has 0 N–H and O–H groups in total. The third-order valence-corrected chi connectivity index (χ3v) is 2.20. The standard InChI is InChI=1S/C8H11NO3/c1-11-8(10)7-4-6(9-12-7)5-2-3-5/h5,7H,2-4H2,1H3. The Morgan fingerprint density at radius 1 is 1.67 bits per heavy atom. The van der Waals surface area contributed by atoms with Gasteiger partial charge in [0.15, 0.2) is 0 Å². The van der Waals surface area contributed by atoms with Gasteiger partial charge < -0.3 is 9.57 Å². The summed E-state index contributed by atoms with van der Waals surface area (Å²) >= 11 is 0. The molecule has 2 rings (SSSR count). The largest absolute Gasteiger partial charge is 0.466 e. The normalized spacial score (nSPS) is 27.8. The number of nitrogens with zero attached hydrogens (tertiary/aromatic N) is 1. The van der Waals surface area contributed by atoms with E-state index in [-0.39, 0.29) is 5.97 Å². The molecule has 0 saturated heterocycles. The van der Waals surface area contributed by atoms with Gasteiger partial charge in [-0.25, -0.2) is 4.79 Å². The Balaban J connectivity index is 1.89. The molecule has 1 aliphatic heterocycles. The monoisotopic (exact) mass is 169 g/mol. The number of oxime groups is 1. The zero-order chi connectivity index (χ0) is 8.55. The van der Waals surface area contributed by atoms with Crippen LogP contribution in [0, 0.1) is 5.92 Å². The van der Waals surface area contributed by atoms with Crippen molar-refractivity contribution in [1.29, 1.82) is 0 Å². The Morgan fingerprint density at radius 3 is 3.00 bits per heavy atom. The minimum absolute atomic E-state index is 0.325. The molecule has 0 aromatic rings. The van der Waals surface area contributed by atoms with E-state index in [4.69, 9.17) is 4.84 Å². The van der Waals surface area contributed by atoms with E-state index in [1.165, 1.54) is 20.0 Å². The van der Waals surface area contributed by atoms with E-state index < -0.39 is 6.10 Å². The van der Waals surface area contributed by atoms with Gasteiger partial charge in [-0.15, -0.1) is 0 Å². The van der Waals surface area contributed by atoms with Gasteiger partial charge in [-0.3, -0.25) is 0 Å². The molecule has 12 heavy (non-hydrogen) atoms. The molecule has 1 atom stereocenters. The average Bonchev–Trinajstić information content (AvgIpc) is 2.83. The first-order valence-corrected chi connectivity index (χ1v) is 4.11. The van der Waals surface area contributed by atoms with Crippen molar-refractivity contribution in [3.63, 3.8) is 0 Å². The number of methoxy groups -OCH3 is 1. The smallest absolute Gasteiger partial charge is 0.350 e. The predicted octanol–water partition coefficient (Wildman–Crippen LogP) is 0.714. The van der Waals surface area contributed by atoms with Crippen LogP contribution in [0.5, 0.6) is 0 Å². The summed E-state index contributed by atoms with van der Waals surface area (Å²) in [6.07, 6.45) is 2.52. The molecular formula is C8H11NO3. The SMILES string of the molecule is COC(=O)C1CC(C2CC2)=NO1. The molecule has 2 aliphatic rings. The summed E-state index contributed by atoms with van der Waals surface area (Å²) in [7, 11) is 1.36. The van der Waals surface area contributed by atoms with Crippen molar-refractivity contribution in [1.82, 2.24) is 0 Å². The molecule has 1 fully saturated rings. The van der Waals surface area contributed by atoms with Crippen molar-refractivity contribution in [2.24, 2.45) is 11.1 Å². The van der Waals surface area contributed by atoms with E-state index in [1.54, 1.807) is 0 Å². The van der Waals surface area contributed by atoms with E-state index in [0.717, 1.165) is 5.71 Å². The number of rotatable bonds is 2. The lowest BCUT2D eigenvalue weighted by molar-refractivity contribution is -0.152. The van der Waals surface area contributed by atoms with Gasteiger partial charge in [0.25, 0.3) is 0 Å². The summed E-state index contributed by atoms with van der Waals surface area (Å²) < 4.78 is 4.55. The van der Waals surface area contributed by atoms with Crippen LogP contribution in [0.15, 0.2) is 5.16 Å². The van der Waals surface area contributed by atoms with E-state index in [9.17, 15) is 4.79 Å². The van der Waals surface area contributed by atoms with E-state index in [2.05, 4.69) is 9.89 Å². The van der Waals surface area contributed by atoms with Crippen molar-refractivity contribution in [3.05, 3.63) is 0 Å². The fourth-order valence-electron chi connectivity index (χ4n) is 1.31. The van der Waals surface area contributed by atoms with Gasteiger partial charge in [0.2, 0.25) is 6.10 Å². The van der Waals surface area contributed by atoms with Gasteiger partial charge >= 0.3 is 5.97 Å². The van der Waals surface area contributed by atoms with Gasteiger partial charge in [-0.05, 0) is 12.8 Å². The third-order valence-electron chi connectivity index (χ3n) is 2.20. The topological polar surface area (TPSA) is 47.9 Å². The number of esters is 1. The quantitative estimate of drug-likeness (QED) is 0.572.